The van der Waals surface area contributed by atoms with Crippen molar-refractivity contribution in [3.05, 3.63) is 52.5 Å². The Morgan fingerprint density at radius 3 is 2.42 bits per heavy atom. The molecule has 0 aromatic heterocycles. The molecule has 0 atom stereocenters. The molecule has 0 aliphatic carbocycles. The number of rotatable bonds is 3. The van der Waals surface area contributed by atoms with E-state index in [0.717, 1.165) is 0 Å². The van der Waals surface area contributed by atoms with E-state index in [-0.39, 0.29) is 33.4 Å². The van der Waals surface area contributed by atoms with Gasteiger partial charge in [0.05, 0.1) is 23.3 Å². The largest absolute Gasteiger partial charge is 0.507 e. The van der Waals surface area contributed by atoms with Gasteiger partial charge in [0.2, 0.25) is 5.78 Å². The average molecular weight is 279 g/mol. The molecule has 5 heteroatoms. The number of carbonyl (C=O) groups excluding carboxylic acids is 1. The third-order valence-corrected chi connectivity index (χ3v) is 2.96. The average Bonchev–Trinajstić information content (AvgIpc) is 2.40. The lowest BCUT2D eigenvalue weighted by Gasteiger charge is -2.09. The first kappa shape index (κ1) is 13.2. The second-order valence-electron chi connectivity index (χ2n) is 3.85. The Morgan fingerprint density at radius 1 is 1.11 bits per heavy atom. The number of phenols is 2. The van der Waals surface area contributed by atoms with Crippen molar-refractivity contribution >= 4 is 17.4 Å². The maximum Gasteiger partial charge on any atom is 0.200 e. The number of halogens is 1. The molecule has 0 unspecified atom stereocenters. The summed E-state index contributed by atoms with van der Waals surface area (Å²) in [6, 6.07) is 8.66. The number of aromatic hydroxyl groups is 2. The highest BCUT2D eigenvalue weighted by molar-refractivity contribution is 6.32. The van der Waals surface area contributed by atoms with Crippen LogP contribution in [0.5, 0.6) is 17.2 Å². The number of hydrogen-bond acceptors (Lipinski definition) is 4. The Labute approximate surface area is 114 Å². The Hall–Kier alpha value is -2.20. The Balaban J connectivity index is 2.51. The maximum atomic E-state index is 12.2. The normalized spacial score (nSPS) is 10.2. The lowest BCUT2D eigenvalue weighted by atomic mass is 10.0. The molecule has 0 aliphatic heterocycles. The molecule has 0 aliphatic rings. The van der Waals surface area contributed by atoms with Crippen molar-refractivity contribution in [3.63, 3.8) is 0 Å². The highest BCUT2D eigenvalue weighted by Crippen LogP contribution is 2.34. The summed E-state index contributed by atoms with van der Waals surface area (Å²) >= 11 is 5.92. The van der Waals surface area contributed by atoms with Crippen molar-refractivity contribution in [2.24, 2.45) is 0 Å². The van der Waals surface area contributed by atoms with Crippen LogP contribution < -0.4 is 4.74 Å². The summed E-state index contributed by atoms with van der Waals surface area (Å²) in [7, 11) is 1.41. The summed E-state index contributed by atoms with van der Waals surface area (Å²) in [5, 5.41) is 19.7. The highest BCUT2D eigenvalue weighted by Gasteiger charge is 2.19. The van der Waals surface area contributed by atoms with Gasteiger partial charge in [0.15, 0.2) is 0 Å². The van der Waals surface area contributed by atoms with Crippen LogP contribution in [0.1, 0.15) is 15.9 Å². The predicted molar refractivity (Wildman–Crippen MR) is 71.2 cm³/mol. The van der Waals surface area contributed by atoms with Crippen molar-refractivity contribution < 1.29 is 19.7 Å². The van der Waals surface area contributed by atoms with Crippen LogP contribution in [-0.2, 0) is 0 Å². The SMILES string of the molecule is COc1cc(O)c(C(=O)c2ccccc2O)cc1Cl. The second-order valence-corrected chi connectivity index (χ2v) is 4.26. The summed E-state index contributed by atoms with van der Waals surface area (Å²) in [6.45, 7) is 0. The molecule has 0 radical (unpaired) electrons. The number of benzene rings is 2. The van der Waals surface area contributed by atoms with Crippen LogP contribution in [0, 0.1) is 0 Å². The molecule has 98 valence electrons. The van der Waals surface area contributed by atoms with Crippen LogP contribution >= 0.6 is 11.6 Å². The standard InChI is InChI=1S/C14H11ClO4/c1-19-13-7-12(17)9(6-10(13)15)14(18)8-4-2-3-5-11(8)16/h2-7,16-17H,1H3. The van der Waals surface area contributed by atoms with E-state index >= 15 is 0 Å². The smallest absolute Gasteiger partial charge is 0.200 e. The number of ketones is 1. The van der Waals surface area contributed by atoms with E-state index in [1.54, 1.807) is 12.1 Å². The molecule has 4 nitrogen and oxygen atoms in total. The summed E-state index contributed by atoms with van der Waals surface area (Å²) in [4.78, 5) is 12.2. The number of para-hydroxylation sites is 1. The van der Waals surface area contributed by atoms with Gasteiger partial charge in [-0.15, -0.1) is 0 Å². The van der Waals surface area contributed by atoms with E-state index < -0.39 is 5.78 Å². The fourth-order valence-electron chi connectivity index (χ4n) is 1.69. The van der Waals surface area contributed by atoms with Crippen molar-refractivity contribution in [2.45, 2.75) is 0 Å². The maximum absolute atomic E-state index is 12.2. The molecule has 0 bridgehead atoms. The van der Waals surface area contributed by atoms with E-state index in [4.69, 9.17) is 16.3 Å². The van der Waals surface area contributed by atoms with Crippen molar-refractivity contribution in [2.75, 3.05) is 7.11 Å². The van der Waals surface area contributed by atoms with Gasteiger partial charge in [-0.3, -0.25) is 4.79 Å². The predicted octanol–water partition coefficient (Wildman–Crippen LogP) is 2.99. The zero-order valence-electron chi connectivity index (χ0n) is 10.1. The molecule has 2 aromatic carbocycles. The molecule has 0 saturated heterocycles. The molecule has 0 saturated carbocycles. The number of hydrogen-bond donors (Lipinski definition) is 2. The lowest BCUT2D eigenvalue weighted by molar-refractivity contribution is 0.103. The Bertz CT molecular complexity index is 637. The third-order valence-electron chi connectivity index (χ3n) is 2.66. The third kappa shape index (κ3) is 2.48. The number of methoxy groups -OCH3 is 1. The molecule has 2 N–H and O–H groups in total. The summed E-state index contributed by atoms with van der Waals surface area (Å²) in [6.07, 6.45) is 0. The molecule has 2 rings (SSSR count). The van der Waals surface area contributed by atoms with Crippen LogP contribution in [-0.4, -0.2) is 23.1 Å². The van der Waals surface area contributed by atoms with Crippen LogP contribution in [0.15, 0.2) is 36.4 Å². The molecule has 0 heterocycles. The van der Waals surface area contributed by atoms with E-state index in [1.165, 1.54) is 31.4 Å². The van der Waals surface area contributed by atoms with E-state index in [0.29, 0.717) is 0 Å². The summed E-state index contributed by atoms with van der Waals surface area (Å²) < 4.78 is 4.94. The van der Waals surface area contributed by atoms with Crippen LogP contribution in [0.25, 0.3) is 0 Å². The second kappa shape index (κ2) is 5.20. The van der Waals surface area contributed by atoms with Gasteiger partial charge in [-0.25, -0.2) is 0 Å². The molecule has 0 amide bonds. The summed E-state index contributed by atoms with van der Waals surface area (Å²) in [5.74, 6) is -0.651. The summed E-state index contributed by atoms with van der Waals surface area (Å²) in [5.41, 5.74) is 0.103. The van der Waals surface area contributed by atoms with Gasteiger partial charge < -0.3 is 14.9 Å². The molecular formula is C14H11ClO4. The van der Waals surface area contributed by atoms with Crippen molar-refractivity contribution in [3.8, 4) is 17.2 Å². The Morgan fingerprint density at radius 2 is 1.79 bits per heavy atom. The number of carbonyl (C=O) groups is 1. The number of phenolic OH excluding ortho intramolecular Hbond substituents is 2. The minimum Gasteiger partial charge on any atom is -0.507 e. The minimum absolute atomic E-state index is 0.00676. The van der Waals surface area contributed by atoms with Crippen molar-refractivity contribution in [1.82, 2.24) is 0 Å². The highest BCUT2D eigenvalue weighted by atomic mass is 35.5. The first-order chi connectivity index (χ1) is 9.04. The fraction of sp³-hybridized carbons (Fsp3) is 0.0714. The minimum atomic E-state index is -0.514. The molecule has 19 heavy (non-hydrogen) atoms. The monoisotopic (exact) mass is 278 g/mol. The van der Waals surface area contributed by atoms with E-state index in [9.17, 15) is 15.0 Å². The van der Waals surface area contributed by atoms with Gasteiger partial charge in [-0.05, 0) is 18.2 Å². The topological polar surface area (TPSA) is 66.8 Å². The number of ether oxygens (including phenoxy) is 1. The molecule has 0 fully saturated rings. The zero-order valence-corrected chi connectivity index (χ0v) is 10.8. The van der Waals surface area contributed by atoms with Crippen LogP contribution in [0.4, 0.5) is 0 Å². The Kier molecular flexibility index (Phi) is 3.62. The van der Waals surface area contributed by atoms with E-state index in [1.807, 2.05) is 0 Å². The van der Waals surface area contributed by atoms with Gasteiger partial charge in [0, 0.05) is 6.07 Å². The van der Waals surface area contributed by atoms with Gasteiger partial charge in [0.25, 0.3) is 0 Å². The van der Waals surface area contributed by atoms with Gasteiger partial charge in [-0.2, -0.15) is 0 Å². The van der Waals surface area contributed by atoms with E-state index in [2.05, 4.69) is 0 Å². The van der Waals surface area contributed by atoms with Gasteiger partial charge in [0.1, 0.15) is 17.2 Å². The molecular weight excluding hydrogens is 268 g/mol. The first-order valence-electron chi connectivity index (χ1n) is 5.43. The quantitative estimate of drug-likeness (QED) is 0.847. The van der Waals surface area contributed by atoms with Crippen LogP contribution in [0.3, 0.4) is 0 Å². The fourth-order valence-corrected chi connectivity index (χ4v) is 1.93. The molecule has 2 aromatic rings. The first-order valence-corrected chi connectivity index (χ1v) is 5.81. The van der Waals surface area contributed by atoms with Crippen molar-refractivity contribution in [1.29, 1.82) is 0 Å². The van der Waals surface area contributed by atoms with Gasteiger partial charge >= 0.3 is 0 Å². The lowest BCUT2D eigenvalue weighted by Crippen LogP contribution is -2.02. The van der Waals surface area contributed by atoms with Gasteiger partial charge in [-0.1, -0.05) is 23.7 Å². The zero-order chi connectivity index (χ0) is 14.0. The van der Waals surface area contributed by atoms with Crippen LogP contribution in [0.2, 0.25) is 5.02 Å². The molecule has 0 spiro atoms.